The molecule has 0 fully saturated rings. The monoisotopic (exact) mass is 592 g/mol. The zero-order chi connectivity index (χ0) is 25.9. The number of hydrogen-bond acceptors (Lipinski definition) is 7. The SMILES string of the molecule is C=CCn1c(CCCOc2ccc(Cl)cc2Br)nnc1SCC(=O)Nc1ccc(C(=O)OCC)cc1. The van der Waals surface area contributed by atoms with Crippen LogP contribution in [0.5, 0.6) is 5.75 Å². The van der Waals surface area contributed by atoms with E-state index in [1.54, 1.807) is 49.4 Å². The molecule has 0 saturated carbocycles. The predicted octanol–water partition coefficient (Wildman–Crippen LogP) is 5.80. The second kappa shape index (κ2) is 14.1. The quantitative estimate of drug-likeness (QED) is 0.116. The van der Waals surface area contributed by atoms with Gasteiger partial charge in [-0.2, -0.15) is 0 Å². The van der Waals surface area contributed by atoms with Crippen molar-refractivity contribution in [3.05, 3.63) is 76.0 Å². The maximum atomic E-state index is 12.4. The fourth-order valence-electron chi connectivity index (χ4n) is 3.16. The highest BCUT2D eigenvalue weighted by atomic mass is 79.9. The van der Waals surface area contributed by atoms with E-state index in [-0.39, 0.29) is 11.7 Å². The van der Waals surface area contributed by atoms with Crippen LogP contribution in [0, 0.1) is 0 Å². The maximum absolute atomic E-state index is 12.4. The van der Waals surface area contributed by atoms with E-state index < -0.39 is 5.97 Å². The first-order chi connectivity index (χ1) is 17.4. The molecular weight excluding hydrogens is 568 g/mol. The molecule has 2 aromatic carbocycles. The number of benzene rings is 2. The first kappa shape index (κ1) is 27.8. The number of thioether (sulfide) groups is 1. The molecule has 0 saturated heterocycles. The van der Waals surface area contributed by atoms with Gasteiger partial charge in [0.15, 0.2) is 5.16 Å². The van der Waals surface area contributed by atoms with Crippen LogP contribution in [0.4, 0.5) is 5.69 Å². The smallest absolute Gasteiger partial charge is 0.338 e. The van der Waals surface area contributed by atoms with Crippen LogP contribution >= 0.6 is 39.3 Å². The van der Waals surface area contributed by atoms with Crippen LogP contribution in [0.1, 0.15) is 29.5 Å². The lowest BCUT2D eigenvalue weighted by atomic mass is 10.2. The van der Waals surface area contributed by atoms with E-state index in [0.717, 1.165) is 22.5 Å². The molecule has 0 aliphatic carbocycles. The molecule has 0 aliphatic rings. The van der Waals surface area contributed by atoms with Gasteiger partial charge in [-0.05, 0) is 71.7 Å². The number of carbonyl (C=O) groups is 2. The molecule has 0 unspecified atom stereocenters. The van der Waals surface area contributed by atoms with Crippen molar-refractivity contribution in [3.63, 3.8) is 0 Å². The van der Waals surface area contributed by atoms with Gasteiger partial charge in [0.1, 0.15) is 11.6 Å². The third kappa shape index (κ3) is 8.11. The van der Waals surface area contributed by atoms with Gasteiger partial charge in [-0.3, -0.25) is 4.79 Å². The lowest BCUT2D eigenvalue weighted by Gasteiger charge is -2.10. The van der Waals surface area contributed by atoms with Crippen molar-refractivity contribution in [1.82, 2.24) is 14.8 Å². The Kier molecular flexibility index (Phi) is 10.8. The van der Waals surface area contributed by atoms with Crippen LogP contribution in [0.25, 0.3) is 0 Å². The van der Waals surface area contributed by atoms with Gasteiger partial charge < -0.3 is 19.4 Å². The number of rotatable bonds is 13. The molecule has 0 bridgehead atoms. The number of esters is 1. The third-order valence-corrected chi connectivity index (χ3v) is 6.64. The second-order valence-electron chi connectivity index (χ2n) is 7.46. The number of aryl methyl sites for hydroxylation is 1. The van der Waals surface area contributed by atoms with E-state index in [1.807, 2.05) is 10.6 Å². The third-order valence-electron chi connectivity index (χ3n) is 4.81. The number of hydrogen-bond donors (Lipinski definition) is 1. The van der Waals surface area contributed by atoms with Crippen molar-refractivity contribution in [2.24, 2.45) is 0 Å². The Balaban J connectivity index is 1.50. The highest BCUT2D eigenvalue weighted by molar-refractivity contribution is 9.10. The molecule has 8 nitrogen and oxygen atoms in total. The molecule has 1 heterocycles. The summed E-state index contributed by atoms with van der Waals surface area (Å²) in [5, 5.41) is 12.6. The van der Waals surface area contributed by atoms with Crippen LogP contribution in [0.2, 0.25) is 5.02 Å². The molecule has 3 aromatic rings. The van der Waals surface area contributed by atoms with Crippen molar-refractivity contribution in [1.29, 1.82) is 0 Å². The van der Waals surface area contributed by atoms with E-state index in [0.29, 0.717) is 47.6 Å². The van der Waals surface area contributed by atoms with Gasteiger partial charge in [-0.1, -0.05) is 29.4 Å². The molecule has 0 radical (unpaired) electrons. The zero-order valence-electron chi connectivity index (χ0n) is 19.7. The molecule has 1 aromatic heterocycles. The minimum Gasteiger partial charge on any atom is -0.492 e. The van der Waals surface area contributed by atoms with Crippen LogP contribution in [0.3, 0.4) is 0 Å². The summed E-state index contributed by atoms with van der Waals surface area (Å²) in [6.45, 7) is 6.91. The van der Waals surface area contributed by atoms with E-state index in [1.165, 1.54) is 11.8 Å². The van der Waals surface area contributed by atoms with E-state index in [9.17, 15) is 9.59 Å². The van der Waals surface area contributed by atoms with Gasteiger partial charge in [-0.25, -0.2) is 4.79 Å². The topological polar surface area (TPSA) is 95.3 Å². The van der Waals surface area contributed by atoms with Crippen LogP contribution < -0.4 is 10.1 Å². The Morgan fingerprint density at radius 2 is 2.00 bits per heavy atom. The fourth-order valence-corrected chi connectivity index (χ4v) is 4.72. The van der Waals surface area contributed by atoms with E-state index >= 15 is 0 Å². The molecule has 190 valence electrons. The summed E-state index contributed by atoms with van der Waals surface area (Å²) < 4.78 is 13.5. The summed E-state index contributed by atoms with van der Waals surface area (Å²) >= 11 is 10.7. The highest BCUT2D eigenvalue weighted by Crippen LogP contribution is 2.28. The van der Waals surface area contributed by atoms with Crippen molar-refractivity contribution >= 4 is 56.9 Å². The average molecular weight is 594 g/mol. The Morgan fingerprint density at radius 3 is 2.69 bits per heavy atom. The summed E-state index contributed by atoms with van der Waals surface area (Å²) in [7, 11) is 0. The Labute approximate surface area is 227 Å². The Bertz CT molecular complexity index is 1200. The summed E-state index contributed by atoms with van der Waals surface area (Å²) in [4.78, 5) is 24.2. The molecule has 0 atom stereocenters. The Morgan fingerprint density at radius 1 is 1.22 bits per heavy atom. The molecule has 1 N–H and O–H groups in total. The van der Waals surface area contributed by atoms with Gasteiger partial charge in [0.25, 0.3) is 0 Å². The van der Waals surface area contributed by atoms with Gasteiger partial charge in [0.05, 0.1) is 29.0 Å². The molecule has 3 rings (SSSR count). The van der Waals surface area contributed by atoms with E-state index in [2.05, 4.69) is 38.0 Å². The summed E-state index contributed by atoms with van der Waals surface area (Å²) in [6.07, 6.45) is 3.16. The van der Waals surface area contributed by atoms with Crippen LogP contribution in [-0.2, 0) is 22.5 Å². The number of aromatic nitrogens is 3. The normalized spacial score (nSPS) is 10.6. The number of carbonyl (C=O) groups excluding carboxylic acids is 2. The van der Waals surface area contributed by atoms with E-state index in [4.69, 9.17) is 21.1 Å². The number of anilines is 1. The van der Waals surface area contributed by atoms with Crippen molar-refractivity contribution in [2.75, 3.05) is 24.3 Å². The number of halogens is 2. The van der Waals surface area contributed by atoms with Gasteiger partial charge >= 0.3 is 5.97 Å². The number of nitrogens with one attached hydrogen (secondary N) is 1. The lowest BCUT2D eigenvalue weighted by Crippen LogP contribution is -2.15. The largest absolute Gasteiger partial charge is 0.492 e. The lowest BCUT2D eigenvalue weighted by molar-refractivity contribution is -0.113. The summed E-state index contributed by atoms with van der Waals surface area (Å²) in [6, 6.07) is 11.9. The molecule has 0 spiro atoms. The standard InChI is InChI=1S/C25H26BrClN4O4S/c1-3-13-31-22(6-5-14-35-21-12-9-18(27)15-20(21)26)29-30-25(31)36-16-23(32)28-19-10-7-17(8-11-19)24(33)34-4-2/h3,7-12,15H,1,4-6,13-14,16H2,2H3,(H,28,32). The van der Waals surface area contributed by atoms with Crippen LogP contribution in [0.15, 0.2) is 64.7 Å². The number of allylic oxidation sites excluding steroid dienone is 1. The van der Waals surface area contributed by atoms with Crippen molar-refractivity contribution < 1.29 is 19.1 Å². The average Bonchev–Trinajstić information content (AvgIpc) is 3.24. The number of ether oxygens (including phenoxy) is 2. The second-order valence-corrected chi connectivity index (χ2v) is 9.69. The number of amides is 1. The summed E-state index contributed by atoms with van der Waals surface area (Å²) in [5.74, 6) is 1.09. The zero-order valence-corrected chi connectivity index (χ0v) is 22.9. The van der Waals surface area contributed by atoms with Crippen molar-refractivity contribution in [2.45, 2.75) is 31.5 Å². The molecular formula is C25H26BrClN4O4S. The number of nitrogens with zero attached hydrogens (tertiary/aromatic N) is 3. The highest BCUT2D eigenvalue weighted by Gasteiger charge is 2.14. The molecule has 11 heteroatoms. The molecule has 0 aliphatic heterocycles. The minimum atomic E-state index is -0.396. The predicted molar refractivity (Wildman–Crippen MR) is 145 cm³/mol. The van der Waals surface area contributed by atoms with Gasteiger partial charge in [-0.15, -0.1) is 16.8 Å². The Hall–Kier alpha value is -2.82. The minimum absolute atomic E-state index is 0.155. The fraction of sp³-hybridized carbons (Fsp3) is 0.280. The van der Waals surface area contributed by atoms with Gasteiger partial charge in [0.2, 0.25) is 5.91 Å². The van der Waals surface area contributed by atoms with Crippen molar-refractivity contribution in [3.8, 4) is 5.75 Å². The van der Waals surface area contributed by atoms with Crippen LogP contribution in [-0.4, -0.2) is 45.6 Å². The summed E-state index contributed by atoms with van der Waals surface area (Å²) in [5.41, 5.74) is 1.02. The molecule has 36 heavy (non-hydrogen) atoms. The first-order valence-corrected chi connectivity index (χ1v) is 13.4. The first-order valence-electron chi connectivity index (χ1n) is 11.2. The van der Waals surface area contributed by atoms with Gasteiger partial charge in [0, 0.05) is 23.7 Å². The molecule has 1 amide bonds. The maximum Gasteiger partial charge on any atom is 0.338 e.